The Kier molecular flexibility index (Phi) is 2.08. The predicted molar refractivity (Wildman–Crippen MR) is 61.6 cm³/mol. The van der Waals surface area contributed by atoms with Gasteiger partial charge in [-0.2, -0.15) is 0 Å². The topological polar surface area (TPSA) is 21.3 Å². The highest BCUT2D eigenvalue weighted by Gasteiger charge is 2.33. The molecule has 1 N–H and O–H groups in total. The predicted octanol–water partition coefficient (Wildman–Crippen LogP) is 3.15. The van der Waals surface area contributed by atoms with Gasteiger partial charge in [-0.05, 0) is 36.6 Å². The van der Waals surface area contributed by atoms with Crippen molar-refractivity contribution < 1.29 is 4.74 Å². The lowest BCUT2D eigenvalue weighted by Gasteiger charge is -2.25. The second-order valence-corrected chi connectivity index (χ2v) is 4.59. The second kappa shape index (κ2) is 3.44. The van der Waals surface area contributed by atoms with Crippen LogP contribution in [0.4, 0.5) is 5.69 Å². The van der Waals surface area contributed by atoms with Crippen molar-refractivity contribution in [2.45, 2.75) is 37.6 Å². The highest BCUT2D eigenvalue weighted by Crippen LogP contribution is 2.44. The van der Waals surface area contributed by atoms with Crippen LogP contribution in [0.5, 0.6) is 5.75 Å². The number of anilines is 1. The first-order valence-electron chi connectivity index (χ1n) is 5.83. The third-order valence-corrected chi connectivity index (χ3v) is 3.77. The van der Waals surface area contributed by atoms with Crippen molar-refractivity contribution in [2.24, 2.45) is 0 Å². The van der Waals surface area contributed by atoms with E-state index in [1.54, 1.807) is 7.11 Å². The zero-order valence-electron chi connectivity index (χ0n) is 9.12. The van der Waals surface area contributed by atoms with Gasteiger partial charge in [0.05, 0.1) is 7.11 Å². The number of ether oxygens (including phenoxy) is 1. The molecule has 1 fully saturated rings. The number of hydrogen-bond acceptors (Lipinski definition) is 2. The van der Waals surface area contributed by atoms with Crippen LogP contribution in [0.3, 0.4) is 0 Å². The fourth-order valence-electron chi connectivity index (χ4n) is 2.98. The second-order valence-electron chi connectivity index (χ2n) is 4.59. The van der Waals surface area contributed by atoms with E-state index < -0.39 is 0 Å². The van der Waals surface area contributed by atoms with Gasteiger partial charge in [0, 0.05) is 17.6 Å². The highest BCUT2D eigenvalue weighted by molar-refractivity contribution is 5.61. The Morgan fingerprint density at radius 3 is 3.00 bits per heavy atom. The maximum absolute atomic E-state index is 5.29. The van der Waals surface area contributed by atoms with E-state index >= 15 is 0 Å². The van der Waals surface area contributed by atoms with Crippen LogP contribution >= 0.6 is 0 Å². The van der Waals surface area contributed by atoms with Crippen LogP contribution in [0.25, 0.3) is 0 Å². The van der Waals surface area contributed by atoms with Crippen LogP contribution in [0.2, 0.25) is 0 Å². The molecule has 80 valence electrons. The van der Waals surface area contributed by atoms with Crippen molar-refractivity contribution in [3.8, 4) is 5.75 Å². The zero-order chi connectivity index (χ0) is 10.3. The largest absolute Gasteiger partial charge is 0.497 e. The number of nitrogens with one attached hydrogen (secondary N) is 1. The van der Waals surface area contributed by atoms with Gasteiger partial charge in [-0.15, -0.1) is 0 Å². The van der Waals surface area contributed by atoms with Crippen molar-refractivity contribution in [3.05, 3.63) is 23.8 Å². The summed E-state index contributed by atoms with van der Waals surface area (Å²) in [7, 11) is 1.74. The summed E-state index contributed by atoms with van der Waals surface area (Å²) in [6, 6.07) is 7.09. The molecule has 1 saturated carbocycles. The van der Waals surface area contributed by atoms with Gasteiger partial charge in [0.2, 0.25) is 0 Å². The summed E-state index contributed by atoms with van der Waals surface area (Å²) in [5, 5.41) is 3.63. The van der Waals surface area contributed by atoms with Crippen molar-refractivity contribution >= 4 is 5.69 Å². The summed E-state index contributed by atoms with van der Waals surface area (Å²) >= 11 is 0. The van der Waals surface area contributed by atoms with Crippen LogP contribution < -0.4 is 10.1 Å². The monoisotopic (exact) mass is 203 g/mol. The minimum absolute atomic E-state index is 0.681. The Morgan fingerprint density at radius 1 is 1.27 bits per heavy atom. The fourth-order valence-corrected chi connectivity index (χ4v) is 2.98. The van der Waals surface area contributed by atoms with E-state index in [-0.39, 0.29) is 0 Å². The first-order chi connectivity index (χ1) is 7.38. The Balaban J connectivity index is 1.98. The molecule has 2 atom stereocenters. The Labute approximate surface area is 90.6 Å². The van der Waals surface area contributed by atoms with Crippen LogP contribution in [0.1, 0.15) is 37.2 Å². The molecule has 1 aliphatic carbocycles. The van der Waals surface area contributed by atoms with Gasteiger partial charge < -0.3 is 10.1 Å². The number of fused-ring (bicyclic) bond motifs is 3. The van der Waals surface area contributed by atoms with E-state index in [4.69, 9.17) is 4.74 Å². The molecule has 1 aliphatic heterocycles. The smallest absolute Gasteiger partial charge is 0.119 e. The van der Waals surface area contributed by atoms with Gasteiger partial charge in [-0.1, -0.05) is 12.8 Å². The minimum atomic E-state index is 0.681. The number of benzene rings is 1. The SMILES string of the molecule is COc1ccc2c(c1)C1CCCCC1N2. The van der Waals surface area contributed by atoms with Gasteiger partial charge in [0.1, 0.15) is 5.75 Å². The molecular formula is C13H17NO. The van der Waals surface area contributed by atoms with E-state index in [0.29, 0.717) is 6.04 Å². The molecule has 2 aliphatic rings. The molecule has 0 bridgehead atoms. The van der Waals surface area contributed by atoms with Gasteiger partial charge in [-0.25, -0.2) is 0 Å². The molecule has 0 amide bonds. The molecule has 0 radical (unpaired) electrons. The van der Waals surface area contributed by atoms with Crippen LogP contribution in [0, 0.1) is 0 Å². The van der Waals surface area contributed by atoms with E-state index in [1.807, 2.05) is 6.07 Å². The first-order valence-corrected chi connectivity index (χ1v) is 5.83. The lowest BCUT2D eigenvalue weighted by Crippen LogP contribution is -2.23. The summed E-state index contributed by atoms with van der Waals surface area (Å²) in [6.07, 6.45) is 5.40. The summed E-state index contributed by atoms with van der Waals surface area (Å²) in [4.78, 5) is 0. The average molecular weight is 203 g/mol. The zero-order valence-corrected chi connectivity index (χ0v) is 9.12. The van der Waals surface area contributed by atoms with Crippen molar-refractivity contribution in [3.63, 3.8) is 0 Å². The molecule has 1 aromatic carbocycles. The van der Waals surface area contributed by atoms with Crippen LogP contribution in [-0.2, 0) is 0 Å². The van der Waals surface area contributed by atoms with E-state index in [0.717, 1.165) is 11.7 Å². The summed E-state index contributed by atoms with van der Waals surface area (Å²) in [5.41, 5.74) is 2.80. The van der Waals surface area contributed by atoms with Gasteiger partial charge in [0.15, 0.2) is 0 Å². The molecule has 1 heterocycles. The standard InChI is InChI=1S/C13H17NO/c1-15-9-6-7-13-11(8-9)10-4-2-3-5-12(10)14-13/h6-8,10,12,14H,2-5H2,1H3. The summed E-state index contributed by atoms with van der Waals surface area (Å²) in [5.74, 6) is 1.71. The molecule has 2 unspecified atom stereocenters. The normalized spacial score (nSPS) is 27.8. The molecule has 3 rings (SSSR count). The third-order valence-electron chi connectivity index (χ3n) is 3.77. The number of hydrogen-bond donors (Lipinski definition) is 1. The number of rotatable bonds is 1. The van der Waals surface area contributed by atoms with Gasteiger partial charge in [0.25, 0.3) is 0 Å². The maximum atomic E-state index is 5.29. The van der Waals surface area contributed by atoms with Gasteiger partial charge >= 0.3 is 0 Å². The summed E-state index contributed by atoms with van der Waals surface area (Å²) < 4.78 is 5.29. The van der Waals surface area contributed by atoms with Gasteiger partial charge in [-0.3, -0.25) is 0 Å². The first kappa shape index (κ1) is 9.08. The molecule has 1 aromatic rings. The quantitative estimate of drug-likeness (QED) is 0.757. The van der Waals surface area contributed by atoms with E-state index in [9.17, 15) is 0 Å². The molecule has 2 heteroatoms. The molecular weight excluding hydrogens is 186 g/mol. The van der Waals surface area contributed by atoms with Crippen LogP contribution in [0.15, 0.2) is 18.2 Å². The number of methoxy groups -OCH3 is 1. The van der Waals surface area contributed by atoms with Crippen molar-refractivity contribution in [1.82, 2.24) is 0 Å². The molecule has 2 nitrogen and oxygen atoms in total. The lowest BCUT2D eigenvalue weighted by atomic mass is 9.83. The van der Waals surface area contributed by atoms with Crippen molar-refractivity contribution in [2.75, 3.05) is 12.4 Å². The maximum Gasteiger partial charge on any atom is 0.119 e. The molecule has 0 aromatic heterocycles. The molecule has 15 heavy (non-hydrogen) atoms. The fraction of sp³-hybridized carbons (Fsp3) is 0.538. The van der Waals surface area contributed by atoms with E-state index in [1.165, 1.54) is 36.9 Å². The lowest BCUT2D eigenvalue weighted by molar-refractivity contribution is 0.408. The molecule has 0 spiro atoms. The Hall–Kier alpha value is -1.18. The van der Waals surface area contributed by atoms with Crippen LogP contribution in [-0.4, -0.2) is 13.2 Å². The Morgan fingerprint density at radius 2 is 2.13 bits per heavy atom. The minimum Gasteiger partial charge on any atom is -0.497 e. The Bertz CT molecular complexity index is 375. The summed E-state index contributed by atoms with van der Waals surface area (Å²) in [6.45, 7) is 0. The van der Waals surface area contributed by atoms with Crippen molar-refractivity contribution in [1.29, 1.82) is 0 Å². The average Bonchev–Trinajstić information content (AvgIpc) is 2.66. The molecule has 0 saturated heterocycles. The van der Waals surface area contributed by atoms with E-state index in [2.05, 4.69) is 17.4 Å². The highest BCUT2D eigenvalue weighted by atomic mass is 16.5. The third kappa shape index (κ3) is 1.39.